The lowest BCUT2D eigenvalue weighted by Gasteiger charge is -2.21. The van der Waals surface area contributed by atoms with Gasteiger partial charge in [0.05, 0.1) is 13.2 Å². The van der Waals surface area contributed by atoms with Crippen molar-refractivity contribution in [3.63, 3.8) is 0 Å². The van der Waals surface area contributed by atoms with E-state index in [4.69, 9.17) is 14.2 Å². The predicted molar refractivity (Wildman–Crippen MR) is 78.1 cm³/mol. The van der Waals surface area contributed by atoms with Crippen molar-refractivity contribution in [1.82, 2.24) is 0 Å². The normalized spacial score (nSPS) is 11.6. The molecule has 0 bridgehead atoms. The summed E-state index contributed by atoms with van der Waals surface area (Å²) in [6.07, 6.45) is 1.44. The molecule has 0 aromatic heterocycles. The number of hydrogen-bond donors (Lipinski definition) is 0. The van der Waals surface area contributed by atoms with Gasteiger partial charge in [-0.05, 0) is 26.3 Å². The molecule has 0 N–H and O–H groups in total. The number of benzene rings is 1. The van der Waals surface area contributed by atoms with Gasteiger partial charge in [-0.3, -0.25) is 0 Å². The van der Waals surface area contributed by atoms with Crippen LogP contribution < -0.4 is 9.47 Å². The molecule has 20 heavy (non-hydrogen) atoms. The second kappa shape index (κ2) is 8.25. The Kier molecular flexibility index (Phi) is 6.64. The maximum Gasteiger partial charge on any atom is 0.330 e. The van der Waals surface area contributed by atoms with Gasteiger partial charge < -0.3 is 14.2 Å². The van der Waals surface area contributed by atoms with Crippen LogP contribution in [-0.4, -0.2) is 19.2 Å². The van der Waals surface area contributed by atoms with Crippen LogP contribution in [0.1, 0.15) is 38.9 Å². The van der Waals surface area contributed by atoms with E-state index in [1.54, 1.807) is 0 Å². The zero-order chi connectivity index (χ0) is 15.0. The fourth-order valence-corrected chi connectivity index (χ4v) is 1.91. The van der Waals surface area contributed by atoms with Crippen LogP contribution in [-0.2, 0) is 9.53 Å². The number of hydrogen-bond acceptors (Lipinski definition) is 4. The maximum atomic E-state index is 11.4. The van der Waals surface area contributed by atoms with E-state index in [-0.39, 0.29) is 6.10 Å². The Morgan fingerprint density at radius 1 is 1.25 bits per heavy atom. The number of para-hydroxylation sites is 1. The van der Waals surface area contributed by atoms with Crippen LogP contribution in [0.3, 0.4) is 0 Å². The van der Waals surface area contributed by atoms with Crippen LogP contribution in [0.5, 0.6) is 11.5 Å². The van der Waals surface area contributed by atoms with Gasteiger partial charge in [0.2, 0.25) is 0 Å². The van der Waals surface area contributed by atoms with Gasteiger partial charge in [0, 0.05) is 11.6 Å². The van der Waals surface area contributed by atoms with Crippen LogP contribution in [0.2, 0.25) is 0 Å². The SMILES string of the molecule is C=CC(=O)OC(CC)c1cccc(OCC)c1OCC. The molecule has 1 aromatic rings. The van der Waals surface area contributed by atoms with Crippen molar-refractivity contribution in [3.8, 4) is 11.5 Å². The van der Waals surface area contributed by atoms with Crippen molar-refractivity contribution >= 4 is 5.97 Å². The first-order valence-corrected chi connectivity index (χ1v) is 6.89. The van der Waals surface area contributed by atoms with E-state index in [0.29, 0.717) is 31.1 Å². The van der Waals surface area contributed by atoms with Gasteiger partial charge in [-0.1, -0.05) is 25.6 Å². The summed E-state index contributed by atoms with van der Waals surface area (Å²) in [5.41, 5.74) is 0.815. The summed E-state index contributed by atoms with van der Waals surface area (Å²) in [5, 5.41) is 0. The van der Waals surface area contributed by atoms with Crippen molar-refractivity contribution in [1.29, 1.82) is 0 Å². The van der Waals surface area contributed by atoms with E-state index in [2.05, 4.69) is 6.58 Å². The van der Waals surface area contributed by atoms with Gasteiger partial charge in [-0.15, -0.1) is 0 Å². The summed E-state index contributed by atoms with van der Waals surface area (Å²) >= 11 is 0. The van der Waals surface area contributed by atoms with Crippen molar-refractivity contribution in [2.75, 3.05) is 13.2 Å². The Morgan fingerprint density at radius 2 is 1.95 bits per heavy atom. The molecule has 0 saturated carbocycles. The maximum absolute atomic E-state index is 11.4. The van der Waals surface area contributed by atoms with Gasteiger partial charge in [0.15, 0.2) is 11.5 Å². The molecule has 0 saturated heterocycles. The van der Waals surface area contributed by atoms with E-state index >= 15 is 0 Å². The largest absolute Gasteiger partial charge is 0.490 e. The minimum Gasteiger partial charge on any atom is -0.490 e. The minimum atomic E-state index is -0.443. The lowest BCUT2D eigenvalue weighted by atomic mass is 10.1. The summed E-state index contributed by atoms with van der Waals surface area (Å²) in [6.45, 7) is 10.3. The third-order valence-electron chi connectivity index (χ3n) is 2.74. The second-order valence-corrected chi connectivity index (χ2v) is 4.08. The van der Waals surface area contributed by atoms with E-state index in [9.17, 15) is 4.79 Å². The Bertz CT molecular complexity index is 454. The number of ether oxygens (including phenoxy) is 3. The van der Waals surface area contributed by atoms with Crippen molar-refractivity contribution in [3.05, 3.63) is 36.4 Å². The third-order valence-corrected chi connectivity index (χ3v) is 2.74. The Labute approximate surface area is 120 Å². The number of carbonyl (C=O) groups excluding carboxylic acids is 1. The first-order chi connectivity index (χ1) is 9.67. The highest BCUT2D eigenvalue weighted by molar-refractivity contribution is 5.81. The molecule has 1 rings (SSSR count). The fourth-order valence-electron chi connectivity index (χ4n) is 1.91. The molecule has 0 spiro atoms. The lowest BCUT2D eigenvalue weighted by molar-refractivity contribution is -0.143. The Morgan fingerprint density at radius 3 is 2.50 bits per heavy atom. The van der Waals surface area contributed by atoms with Crippen LogP contribution in [0, 0.1) is 0 Å². The number of rotatable bonds is 8. The Hall–Kier alpha value is -1.97. The molecule has 0 aliphatic heterocycles. The van der Waals surface area contributed by atoms with Crippen LogP contribution in [0.15, 0.2) is 30.9 Å². The Balaban J connectivity index is 3.15. The van der Waals surface area contributed by atoms with Crippen LogP contribution >= 0.6 is 0 Å². The summed E-state index contributed by atoms with van der Waals surface area (Å²) in [6, 6.07) is 5.60. The molecule has 1 unspecified atom stereocenters. The average Bonchev–Trinajstić information content (AvgIpc) is 2.47. The van der Waals surface area contributed by atoms with Gasteiger partial charge in [-0.2, -0.15) is 0 Å². The average molecular weight is 278 g/mol. The number of esters is 1. The standard InChI is InChI=1S/C16H22O4/c1-5-13(20-15(17)6-2)12-10-9-11-14(18-7-3)16(12)19-8-4/h6,9-11,13H,2,5,7-8H2,1,3-4H3. The van der Waals surface area contributed by atoms with Gasteiger partial charge in [-0.25, -0.2) is 4.79 Å². The lowest BCUT2D eigenvalue weighted by Crippen LogP contribution is -2.11. The molecule has 1 aromatic carbocycles. The predicted octanol–water partition coefficient (Wildman–Crippen LogP) is 3.66. The van der Waals surface area contributed by atoms with Crippen LogP contribution in [0.4, 0.5) is 0 Å². The molecule has 4 nitrogen and oxygen atoms in total. The highest BCUT2D eigenvalue weighted by Crippen LogP contribution is 2.37. The van der Waals surface area contributed by atoms with E-state index in [1.807, 2.05) is 39.0 Å². The highest BCUT2D eigenvalue weighted by atomic mass is 16.5. The van der Waals surface area contributed by atoms with E-state index in [1.165, 1.54) is 0 Å². The van der Waals surface area contributed by atoms with Gasteiger partial charge >= 0.3 is 5.97 Å². The highest BCUT2D eigenvalue weighted by Gasteiger charge is 2.21. The molecular formula is C16H22O4. The number of carbonyl (C=O) groups is 1. The molecule has 0 amide bonds. The quantitative estimate of drug-likeness (QED) is 0.537. The first kappa shape index (κ1) is 16.1. The molecule has 1 atom stereocenters. The minimum absolute atomic E-state index is 0.373. The summed E-state index contributed by atoms with van der Waals surface area (Å²) in [5.74, 6) is 0.863. The van der Waals surface area contributed by atoms with Gasteiger partial charge in [0.1, 0.15) is 6.10 Å². The summed E-state index contributed by atoms with van der Waals surface area (Å²) < 4.78 is 16.6. The molecule has 0 aliphatic rings. The monoisotopic (exact) mass is 278 g/mol. The van der Waals surface area contributed by atoms with Crippen LogP contribution in [0.25, 0.3) is 0 Å². The molecule has 4 heteroatoms. The zero-order valence-electron chi connectivity index (χ0n) is 12.3. The van der Waals surface area contributed by atoms with Gasteiger partial charge in [0.25, 0.3) is 0 Å². The summed E-state index contributed by atoms with van der Waals surface area (Å²) in [4.78, 5) is 11.4. The first-order valence-electron chi connectivity index (χ1n) is 6.89. The molecular weight excluding hydrogens is 256 g/mol. The molecule has 0 heterocycles. The second-order valence-electron chi connectivity index (χ2n) is 4.08. The smallest absolute Gasteiger partial charge is 0.330 e. The van der Waals surface area contributed by atoms with E-state index < -0.39 is 5.97 Å². The topological polar surface area (TPSA) is 44.8 Å². The molecule has 0 fully saturated rings. The molecule has 0 radical (unpaired) electrons. The zero-order valence-corrected chi connectivity index (χ0v) is 12.3. The van der Waals surface area contributed by atoms with Crippen molar-refractivity contribution in [2.45, 2.75) is 33.3 Å². The third kappa shape index (κ3) is 4.02. The summed E-state index contributed by atoms with van der Waals surface area (Å²) in [7, 11) is 0. The van der Waals surface area contributed by atoms with Crippen molar-refractivity contribution < 1.29 is 19.0 Å². The van der Waals surface area contributed by atoms with Crippen molar-refractivity contribution in [2.24, 2.45) is 0 Å². The molecule has 110 valence electrons. The fraction of sp³-hybridized carbons (Fsp3) is 0.438. The van der Waals surface area contributed by atoms with E-state index in [0.717, 1.165) is 11.6 Å². The molecule has 0 aliphatic carbocycles.